The molecule has 5 rings (SSSR count). The highest BCUT2D eigenvalue weighted by atomic mass is 16.5. The highest BCUT2D eigenvalue weighted by molar-refractivity contribution is 5.94. The van der Waals surface area contributed by atoms with Crippen LogP contribution >= 0.6 is 0 Å². The first-order valence-electron chi connectivity index (χ1n) is 13.1. The molecule has 0 radical (unpaired) electrons. The van der Waals surface area contributed by atoms with Crippen LogP contribution in [0.25, 0.3) is 0 Å². The topological polar surface area (TPSA) is 63.6 Å². The van der Waals surface area contributed by atoms with Gasteiger partial charge >= 0.3 is 0 Å². The van der Waals surface area contributed by atoms with Gasteiger partial charge in [-0.3, -0.25) is 9.59 Å². The number of rotatable bonds is 6. The molecule has 0 aliphatic heterocycles. The van der Waals surface area contributed by atoms with Gasteiger partial charge in [0.15, 0.2) is 11.6 Å². The fraction of sp³-hybridized carbons (Fsp3) is 0.600. The summed E-state index contributed by atoms with van der Waals surface area (Å²) < 4.78 is 6.38. The second-order valence-electron chi connectivity index (χ2n) is 11.2. The molecule has 1 unspecified atom stereocenters. The number of hydrogen-bond acceptors (Lipinski definition) is 4. The lowest BCUT2D eigenvalue weighted by atomic mass is 9.50. The van der Waals surface area contributed by atoms with Crippen molar-refractivity contribution in [2.24, 2.45) is 17.3 Å². The SMILES string of the molecule is CO[C@@]1(CCCO)CC[C@H]2[C@@H]3CCC4=CC(=O)CCC4=C3[C@@H](c3ccc(C(C)=O)cc3)CC21C. The Bertz CT molecular complexity index is 1050. The number of ether oxygens (including phenoxy) is 1. The molecule has 0 spiro atoms. The van der Waals surface area contributed by atoms with Crippen molar-refractivity contribution in [3.63, 3.8) is 0 Å². The molecule has 34 heavy (non-hydrogen) atoms. The first kappa shape index (κ1) is 23.7. The Morgan fingerprint density at radius 3 is 2.59 bits per heavy atom. The lowest BCUT2D eigenvalue weighted by molar-refractivity contribution is -0.125. The number of Topliss-reactive ketones (excluding diaryl/α,β-unsaturated/α-hetero) is 1. The fourth-order valence-electron chi connectivity index (χ4n) is 8.20. The molecule has 4 nitrogen and oxygen atoms in total. The Morgan fingerprint density at radius 1 is 1.15 bits per heavy atom. The van der Waals surface area contributed by atoms with Crippen molar-refractivity contribution in [1.29, 1.82) is 0 Å². The molecule has 0 saturated heterocycles. The minimum atomic E-state index is -0.215. The molecule has 1 N–H and O–H groups in total. The zero-order valence-corrected chi connectivity index (χ0v) is 20.9. The van der Waals surface area contributed by atoms with Gasteiger partial charge in [0, 0.05) is 37.0 Å². The van der Waals surface area contributed by atoms with Gasteiger partial charge in [-0.25, -0.2) is 0 Å². The number of carbonyl (C=O) groups is 2. The van der Waals surface area contributed by atoms with E-state index in [-0.39, 0.29) is 35.1 Å². The van der Waals surface area contributed by atoms with Gasteiger partial charge in [0.05, 0.1) is 5.60 Å². The van der Waals surface area contributed by atoms with Crippen LogP contribution in [-0.2, 0) is 9.53 Å². The summed E-state index contributed by atoms with van der Waals surface area (Å²) >= 11 is 0. The van der Waals surface area contributed by atoms with Crippen LogP contribution in [0.5, 0.6) is 0 Å². The van der Waals surface area contributed by atoms with Crippen LogP contribution in [0.3, 0.4) is 0 Å². The van der Waals surface area contributed by atoms with E-state index in [0.29, 0.717) is 18.3 Å². The molecular weight excluding hydrogens is 424 g/mol. The van der Waals surface area contributed by atoms with Crippen LogP contribution in [0.2, 0.25) is 0 Å². The third-order valence-electron chi connectivity index (χ3n) is 9.87. The van der Waals surface area contributed by atoms with Gasteiger partial charge in [0.25, 0.3) is 0 Å². The summed E-state index contributed by atoms with van der Waals surface area (Å²) in [5.74, 6) is 1.68. The average Bonchev–Trinajstić information content (AvgIpc) is 3.14. The van der Waals surface area contributed by atoms with Crippen molar-refractivity contribution >= 4 is 11.6 Å². The minimum absolute atomic E-state index is 0.0151. The van der Waals surface area contributed by atoms with Crippen molar-refractivity contribution in [3.05, 3.63) is 58.2 Å². The number of hydrogen-bond donors (Lipinski definition) is 1. The summed E-state index contributed by atoms with van der Waals surface area (Å²) in [7, 11) is 1.87. The molecule has 0 aromatic heterocycles. The molecule has 4 heteroatoms. The molecule has 0 heterocycles. The second-order valence-corrected chi connectivity index (χ2v) is 11.2. The van der Waals surface area contributed by atoms with Gasteiger partial charge in [0.1, 0.15) is 0 Å². The predicted octanol–water partition coefficient (Wildman–Crippen LogP) is 5.95. The van der Waals surface area contributed by atoms with Gasteiger partial charge in [0.2, 0.25) is 0 Å². The van der Waals surface area contributed by atoms with Gasteiger partial charge in [-0.1, -0.05) is 36.8 Å². The Kier molecular flexibility index (Phi) is 6.18. The van der Waals surface area contributed by atoms with Crippen molar-refractivity contribution in [3.8, 4) is 0 Å². The minimum Gasteiger partial charge on any atom is -0.396 e. The Balaban J connectivity index is 1.64. The first-order chi connectivity index (χ1) is 16.3. The van der Waals surface area contributed by atoms with E-state index in [4.69, 9.17) is 4.74 Å². The molecule has 0 bridgehead atoms. The standard InChI is InChI=1S/C30H38O4/c1-19(32)20-5-7-21(8-6-20)26-18-29(2)27(13-15-30(29,34-3)14-4-16-31)25-11-9-22-17-23(33)10-12-24(22)28(25)26/h5-8,17,25-27,31H,4,9-16,18H2,1-3H3/t25-,26+,27-,29?,30-/m0/s1. The van der Waals surface area contributed by atoms with Crippen molar-refractivity contribution in [1.82, 2.24) is 0 Å². The van der Waals surface area contributed by atoms with E-state index in [1.807, 2.05) is 25.3 Å². The monoisotopic (exact) mass is 462 g/mol. The number of aliphatic hydroxyl groups excluding tert-OH is 1. The zero-order valence-electron chi connectivity index (χ0n) is 20.9. The van der Waals surface area contributed by atoms with Crippen molar-refractivity contribution in [2.75, 3.05) is 13.7 Å². The summed E-state index contributed by atoms with van der Waals surface area (Å²) in [5, 5.41) is 9.63. The fourth-order valence-corrected chi connectivity index (χ4v) is 8.20. The normalized spacial score (nSPS) is 34.9. The lowest BCUT2D eigenvalue weighted by Gasteiger charge is -2.56. The number of fused-ring (bicyclic) bond motifs is 4. The van der Waals surface area contributed by atoms with Crippen LogP contribution < -0.4 is 0 Å². The third kappa shape index (κ3) is 3.56. The molecule has 2 fully saturated rings. The Hall–Kier alpha value is -2.04. The Morgan fingerprint density at radius 2 is 1.91 bits per heavy atom. The van der Waals surface area contributed by atoms with Crippen LogP contribution in [0.1, 0.15) is 93.5 Å². The Labute approximate surface area is 203 Å². The summed E-state index contributed by atoms with van der Waals surface area (Å²) in [5.41, 5.74) is 6.11. The molecule has 1 aromatic rings. The van der Waals surface area contributed by atoms with Crippen molar-refractivity contribution < 1.29 is 19.4 Å². The van der Waals surface area contributed by atoms with Crippen molar-refractivity contribution in [2.45, 2.75) is 83.2 Å². The van der Waals surface area contributed by atoms with Gasteiger partial charge in [-0.05, 0) is 92.9 Å². The molecule has 1 aromatic carbocycles. The van der Waals surface area contributed by atoms with E-state index in [1.165, 1.54) is 16.7 Å². The maximum atomic E-state index is 12.2. The van der Waals surface area contributed by atoms with E-state index in [0.717, 1.165) is 56.9 Å². The smallest absolute Gasteiger partial charge is 0.159 e. The quantitative estimate of drug-likeness (QED) is 0.531. The zero-order chi connectivity index (χ0) is 24.1. The molecule has 0 amide bonds. The van der Waals surface area contributed by atoms with Crippen LogP contribution in [0.4, 0.5) is 0 Å². The largest absolute Gasteiger partial charge is 0.396 e. The number of methoxy groups -OCH3 is 1. The maximum Gasteiger partial charge on any atom is 0.159 e. The van der Waals surface area contributed by atoms with Crippen LogP contribution in [0, 0.1) is 17.3 Å². The number of allylic oxidation sites excluding steroid dienone is 4. The maximum absolute atomic E-state index is 12.2. The summed E-state index contributed by atoms with van der Waals surface area (Å²) in [6, 6.07) is 8.25. The molecular formula is C30H38O4. The van der Waals surface area contributed by atoms with E-state index < -0.39 is 0 Å². The molecule has 4 aliphatic rings. The van der Waals surface area contributed by atoms with Gasteiger partial charge in [-0.2, -0.15) is 0 Å². The van der Waals surface area contributed by atoms with Gasteiger partial charge < -0.3 is 9.84 Å². The summed E-state index contributed by atoms with van der Waals surface area (Å²) in [6.45, 7) is 4.26. The number of benzene rings is 1. The number of aliphatic hydroxyl groups is 1. The number of ketones is 2. The molecule has 4 aliphatic carbocycles. The molecule has 2 saturated carbocycles. The van der Waals surface area contributed by atoms with E-state index >= 15 is 0 Å². The predicted molar refractivity (Wildman–Crippen MR) is 133 cm³/mol. The molecule has 182 valence electrons. The summed E-state index contributed by atoms with van der Waals surface area (Å²) in [6.07, 6.45) is 10.4. The lowest BCUT2D eigenvalue weighted by Crippen LogP contribution is -2.52. The molecule has 5 atom stereocenters. The first-order valence-corrected chi connectivity index (χ1v) is 13.1. The average molecular weight is 463 g/mol. The van der Waals surface area contributed by atoms with E-state index in [9.17, 15) is 14.7 Å². The van der Waals surface area contributed by atoms with Gasteiger partial charge in [-0.15, -0.1) is 0 Å². The summed E-state index contributed by atoms with van der Waals surface area (Å²) in [4.78, 5) is 24.1. The van der Waals surface area contributed by atoms with Crippen LogP contribution in [0.15, 0.2) is 47.1 Å². The van der Waals surface area contributed by atoms with Crippen LogP contribution in [-0.4, -0.2) is 36.0 Å². The highest BCUT2D eigenvalue weighted by Crippen LogP contribution is 2.68. The van der Waals surface area contributed by atoms with E-state index in [2.05, 4.69) is 19.1 Å². The highest BCUT2D eigenvalue weighted by Gasteiger charge is 2.63. The number of carbonyl (C=O) groups excluding carboxylic acids is 2. The second kappa shape index (κ2) is 8.87. The third-order valence-corrected chi connectivity index (χ3v) is 9.87. The van der Waals surface area contributed by atoms with E-state index in [1.54, 1.807) is 12.5 Å².